The molecule has 0 fully saturated rings. The van der Waals surface area contributed by atoms with E-state index in [1.165, 1.54) is 17.4 Å². The third kappa shape index (κ3) is 5.28. The highest BCUT2D eigenvalue weighted by Crippen LogP contribution is 2.22. The van der Waals surface area contributed by atoms with Gasteiger partial charge in [-0.3, -0.25) is 4.68 Å². The van der Waals surface area contributed by atoms with Gasteiger partial charge in [0, 0.05) is 32.6 Å². The summed E-state index contributed by atoms with van der Waals surface area (Å²) < 4.78 is 25.0. The Balaban J connectivity index is 1.59. The number of likely N-dealkylation sites (N-methyl/N-ethyl adjacent to an activating group) is 1. The number of hydrogen-bond acceptors (Lipinski definition) is 4. The van der Waals surface area contributed by atoms with Gasteiger partial charge in [-0.25, -0.2) is 8.42 Å². The Morgan fingerprint density at radius 1 is 0.963 bits per heavy atom. The lowest BCUT2D eigenvalue weighted by Crippen LogP contribution is -2.20. The molecule has 0 amide bonds. The predicted molar refractivity (Wildman–Crippen MR) is 108 cm³/mol. The van der Waals surface area contributed by atoms with Crippen molar-refractivity contribution < 1.29 is 8.42 Å². The molecule has 0 aliphatic heterocycles. The van der Waals surface area contributed by atoms with Crippen molar-refractivity contribution in [2.45, 2.75) is 17.9 Å². The minimum Gasteiger partial charge on any atom is -0.302 e. The summed E-state index contributed by atoms with van der Waals surface area (Å²) in [4.78, 5) is 2.64. The number of aryl methyl sites for hydroxylation is 1. The summed E-state index contributed by atoms with van der Waals surface area (Å²) in [7, 11) is 0.896. The summed E-state index contributed by atoms with van der Waals surface area (Å²) in [6.07, 6.45) is 6.17. The van der Waals surface area contributed by atoms with Crippen LogP contribution in [0.15, 0.2) is 65.8 Å². The van der Waals surface area contributed by atoms with Gasteiger partial charge in [0.05, 0.1) is 11.1 Å². The normalized spacial score (nSPS) is 11.9. The summed E-state index contributed by atoms with van der Waals surface area (Å²) in [6.45, 7) is 1.86. The average Bonchev–Trinajstić information content (AvgIpc) is 3.05. The van der Waals surface area contributed by atoms with Crippen LogP contribution in [0.5, 0.6) is 0 Å². The standard InChI is InChI=1S/C21H25N3O2S/c1-23(13-12-18-14-22-24(2)16-18)15-17-4-6-19(7-5-17)20-8-10-21(11-9-20)27(3,25)26/h4-11,14,16H,12-13,15H2,1-3H3. The van der Waals surface area contributed by atoms with E-state index < -0.39 is 9.84 Å². The fourth-order valence-corrected chi connectivity index (χ4v) is 3.64. The van der Waals surface area contributed by atoms with Gasteiger partial charge < -0.3 is 4.90 Å². The lowest BCUT2D eigenvalue weighted by molar-refractivity contribution is 0.331. The van der Waals surface area contributed by atoms with Gasteiger partial charge in [-0.1, -0.05) is 36.4 Å². The van der Waals surface area contributed by atoms with Gasteiger partial charge in [0.2, 0.25) is 0 Å². The molecule has 2 aromatic carbocycles. The van der Waals surface area contributed by atoms with Crippen LogP contribution in [0, 0.1) is 0 Å². The SMILES string of the molecule is CN(CCc1cnn(C)c1)Cc1ccc(-c2ccc(S(C)(=O)=O)cc2)cc1. The molecule has 3 aromatic rings. The lowest BCUT2D eigenvalue weighted by Gasteiger charge is -2.16. The Labute approximate surface area is 161 Å². The van der Waals surface area contributed by atoms with Crippen LogP contribution >= 0.6 is 0 Å². The molecule has 1 aromatic heterocycles. The van der Waals surface area contributed by atoms with Gasteiger partial charge in [0.25, 0.3) is 0 Å². The van der Waals surface area contributed by atoms with E-state index in [9.17, 15) is 8.42 Å². The van der Waals surface area contributed by atoms with Gasteiger partial charge in [0.15, 0.2) is 9.84 Å². The second-order valence-corrected chi connectivity index (χ2v) is 9.02. The van der Waals surface area contributed by atoms with Crippen LogP contribution in [-0.2, 0) is 29.9 Å². The number of hydrogen-bond donors (Lipinski definition) is 0. The van der Waals surface area contributed by atoms with Gasteiger partial charge in [-0.2, -0.15) is 5.10 Å². The Bertz CT molecular complexity index is 991. The maximum atomic E-state index is 11.6. The maximum absolute atomic E-state index is 11.6. The average molecular weight is 384 g/mol. The Hall–Kier alpha value is -2.44. The van der Waals surface area contributed by atoms with Crippen molar-refractivity contribution in [2.24, 2.45) is 7.05 Å². The smallest absolute Gasteiger partial charge is 0.175 e. The van der Waals surface area contributed by atoms with Crippen molar-refractivity contribution in [1.29, 1.82) is 0 Å². The van der Waals surface area contributed by atoms with Crippen molar-refractivity contribution in [2.75, 3.05) is 19.8 Å². The first-order valence-electron chi connectivity index (χ1n) is 8.87. The molecule has 5 nitrogen and oxygen atoms in total. The maximum Gasteiger partial charge on any atom is 0.175 e. The molecular weight excluding hydrogens is 358 g/mol. The summed E-state index contributed by atoms with van der Waals surface area (Å²) >= 11 is 0. The van der Waals surface area contributed by atoms with Crippen LogP contribution in [0.2, 0.25) is 0 Å². The molecule has 0 radical (unpaired) electrons. The highest BCUT2D eigenvalue weighted by Gasteiger charge is 2.07. The molecule has 0 N–H and O–H groups in total. The molecule has 3 rings (SSSR count). The molecular formula is C21H25N3O2S. The van der Waals surface area contributed by atoms with E-state index in [0.29, 0.717) is 4.90 Å². The lowest BCUT2D eigenvalue weighted by atomic mass is 10.0. The van der Waals surface area contributed by atoms with Crippen LogP contribution in [0.4, 0.5) is 0 Å². The Kier molecular flexibility index (Phi) is 5.77. The first-order chi connectivity index (χ1) is 12.8. The van der Waals surface area contributed by atoms with Gasteiger partial charge in [-0.05, 0) is 47.9 Å². The van der Waals surface area contributed by atoms with Crippen LogP contribution in [0.3, 0.4) is 0 Å². The number of sulfone groups is 1. The van der Waals surface area contributed by atoms with E-state index in [4.69, 9.17) is 0 Å². The molecule has 0 saturated carbocycles. The monoisotopic (exact) mass is 383 g/mol. The second kappa shape index (κ2) is 8.06. The Morgan fingerprint density at radius 3 is 2.07 bits per heavy atom. The van der Waals surface area contributed by atoms with Crippen LogP contribution in [0.25, 0.3) is 11.1 Å². The van der Waals surface area contributed by atoms with Gasteiger partial charge >= 0.3 is 0 Å². The summed E-state index contributed by atoms with van der Waals surface area (Å²) in [5, 5.41) is 4.20. The zero-order chi connectivity index (χ0) is 19.4. The molecule has 27 heavy (non-hydrogen) atoms. The summed E-state index contributed by atoms with van der Waals surface area (Å²) in [5.74, 6) is 0. The van der Waals surface area contributed by atoms with Crippen molar-refractivity contribution in [3.05, 3.63) is 72.1 Å². The highest BCUT2D eigenvalue weighted by atomic mass is 32.2. The third-order valence-corrected chi connectivity index (χ3v) is 5.69. The van der Waals surface area contributed by atoms with E-state index >= 15 is 0 Å². The molecule has 0 aliphatic carbocycles. The molecule has 0 atom stereocenters. The minimum absolute atomic E-state index is 0.345. The van der Waals surface area contributed by atoms with E-state index in [2.05, 4.69) is 47.5 Å². The zero-order valence-corrected chi connectivity index (χ0v) is 16.8. The molecule has 6 heteroatoms. The fourth-order valence-electron chi connectivity index (χ4n) is 3.01. The van der Waals surface area contributed by atoms with Crippen molar-refractivity contribution in [1.82, 2.24) is 14.7 Å². The summed E-state index contributed by atoms with van der Waals surface area (Å²) in [6, 6.07) is 15.4. The first-order valence-corrected chi connectivity index (χ1v) is 10.8. The number of aromatic nitrogens is 2. The largest absolute Gasteiger partial charge is 0.302 e. The minimum atomic E-state index is -3.16. The fraction of sp³-hybridized carbons (Fsp3) is 0.286. The van der Waals surface area contributed by atoms with E-state index in [1.807, 2.05) is 30.1 Å². The highest BCUT2D eigenvalue weighted by molar-refractivity contribution is 7.90. The third-order valence-electron chi connectivity index (χ3n) is 4.56. The molecule has 0 bridgehead atoms. The number of benzene rings is 2. The topological polar surface area (TPSA) is 55.2 Å². The van der Waals surface area contributed by atoms with E-state index in [1.54, 1.807) is 12.1 Å². The zero-order valence-electron chi connectivity index (χ0n) is 16.0. The molecule has 0 unspecified atom stereocenters. The predicted octanol–water partition coefficient (Wildman–Crippen LogP) is 3.17. The number of rotatable bonds is 7. The van der Waals surface area contributed by atoms with Crippen molar-refractivity contribution in [3.8, 4) is 11.1 Å². The second-order valence-electron chi connectivity index (χ2n) is 7.00. The molecule has 0 spiro atoms. The van der Waals surface area contributed by atoms with Gasteiger partial charge in [0.1, 0.15) is 0 Å². The molecule has 0 aliphatic rings. The molecule has 0 saturated heterocycles. The van der Waals surface area contributed by atoms with Crippen LogP contribution in [-0.4, -0.2) is 42.9 Å². The molecule has 142 valence electrons. The summed E-state index contributed by atoms with van der Waals surface area (Å²) in [5.41, 5.74) is 4.59. The van der Waals surface area contributed by atoms with Crippen LogP contribution in [0.1, 0.15) is 11.1 Å². The Morgan fingerprint density at radius 2 is 1.56 bits per heavy atom. The quantitative estimate of drug-likeness (QED) is 0.629. The van der Waals surface area contributed by atoms with Crippen molar-refractivity contribution >= 4 is 9.84 Å². The number of nitrogens with zero attached hydrogens (tertiary/aromatic N) is 3. The van der Waals surface area contributed by atoms with E-state index in [0.717, 1.165) is 30.6 Å². The molecule has 1 heterocycles. The van der Waals surface area contributed by atoms with E-state index in [-0.39, 0.29) is 0 Å². The first kappa shape index (κ1) is 19.3. The van der Waals surface area contributed by atoms with Gasteiger partial charge in [-0.15, -0.1) is 0 Å². The van der Waals surface area contributed by atoms with Crippen molar-refractivity contribution in [3.63, 3.8) is 0 Å². The van der Waals surface area contributed by atoms with Crippen LogP contribution < -0.4 is 0 Å².